The number of hydrogen-bond donors (Lipinski definition) is 1. The van der Waals surface area contributed by atoms with E-state index in [1.165, 1.54) is 11.1 Å². The van der Waals surface area contributed by atoms with Crippen molar-refractivity contribution in [2.24, 2.45) is 0 Å². The zero-order valence-corrected chi connectivity index (χ0v) is 6.38. The molecule has 0 fully saturated rings. The van der Waals surface area contributed by atoms with Crippen molar-refractivity contribution in [3.63, 3.8) is 0 Å². The normalized spacial score (nSPS) is 12.9. The molecule has 1 aliphatic heterocycles. The minimum absolute atomic E-state index is 1.05. The third kappa shape index (κ3) is 1.60. The van der Waals surface area contributed by atoms with Crippen LogP contribution < -0.4 is 5.32 Å². The summed E-state index contributed by atoms with van der Waals surface area (Å²) >= 11 is 0. The molecule has 1 heteroatoms. The van der Waals surface area contributed by atoms with Crippen molar-refractivity contribution >= 4 is 0 Å². The molecule has 2 rings (SSSR count). The van der Waals surface area contributed by atoms with Gasteiger partial charge in [0.15, 0.2) is 0 Å². The molecule has 1 aromatic carbocycles. The molecular weight excluding hydrogens is 134 g/mol. The van der Waals surface area contributed by atoms with Crippen LogP contribution in [-0.2, 0) is 13.1 Å². The largest absolute Gasteiger partial charge is 0.309 e. The van der Waals surface area contributed by atoms with E-state index in [1.807, 2.05) is 0 Å². The number of hydrogen-bond acceptors (Lipinski definition) is 1. The first-order chi connectivity index (χ1) is 5.47. The van der Waals surface area contributed by atoms with E-state index < -0.39 is 0 Å². The highest BCUT2D eigenvalue weighted by atomic mass is 14.9. The summed E-state index contributed by atoms with van der Waals surface area (Å²) in [5.41, 5.74) is 2.91. The highest BCUT2D eigenvalue weighted by molar-refractivity contribution is 5.29. The number of terminal acetylenes is 1. The fourth-order valence-electron chi connectivity index (χ4n) is 1.23. The first-order valence-corrected chi connectivity index (χ1v) is 3.57. The van der Waals surface area contributed by atoms with Gasteiger partial charge in [0.05, 0.1) is 0 Å². The molecule has 1 nitrogen and oxygen atoms in total. The van der Waals surface area contributed by atoms with Crippen LogP contribution in [0, 0.1) is 12.8 Å². The van der Waals surface area contributed by atoms with E-state index in [0.29, 0.717) is 0 Å². The lowest BCUT2D eigenvalue weighted by atomic mass is 10.1. The summed E-state index contributed by atoms with van der Waals surface area (Å²) in [6.07, 6.45) is 8.00. The molecule has 56 valence electrons. The standard InChI is InChI=1S/C8H9N.C2H2/c1-2-4-8-6-9-5-7(8)3-1;1-2/h1-4,9H,5-6H2;1-2H. The summed E-state index contributed by atoms with van der Waals surface area (Å²) in [7, 11) is 0. The van der Waals surface area contributed by atoms with Crippen molar-refractivity contribution in [1.82, 2.24) is 5.32 Å². The molecule has 1 heterocycles. The quantitative estimate of drug-likeness (QED) is 0.546. The maximum atomic E-state index is 4.00. The Labute approximate surface area is 67.4 Å². The summed E-state index contributed by atoms with van der Waals surface area (Å²) < 4.78 is 0. The van der Waals surface area contributed by atoms with Gasteiger partial charge in [-0.05, 0) is 11.1 Å². The Morgan fingerprint density at radius 2 is 1.45 bits per heavy atom. The molecule has 0 saturated heterocycles. The van der Waals surface area contributed by atoms with Crippen molar-refractivity contribution < 1.29 is 0 Å². The SMILES string of the molecule is C#C.c1ccc2c(c1)CNC2. The maximum absolute atomic E-state index is 4.00. The Hall–Kier alpha value is -1.26. The Balaban J connectivity index is 0.000000281. The van der Waals surface area contributed by atoms with E-state index in [-0.39, 0.29) is 0 Å². The molecule has 1 aromatic rings. The van der Waals surface area contributed by atoms with E-state index in [4.69, 9.17) is 0 Å². The highest BCUT2D eigenvalue weighted by Crippen LogP contribution is 2.12. The average Bonchev–Trinajstić information content (AvgIpc) is 2.55. The molecule has 0 amide bonds. The number of benzene rings is 1. The summed E-state index contributed by atoms with van der Waals surface area (Å²) in [4.78, 5) is 0. The topological polar surface area (TPSA) is 12.0 Å². The molecule has 0 saturated carbocycles. The lowest BCUT2D eigenvalue weighted by Crippen LogP contribution is -1.99. The Bertz CT molecular complexity index is 227. The monoisotopic (exact) mass is 145 g/mol. The molecule has 11 heavy (non-hydrogen) atoms. The van der Waals surface area contributed by atoms with Crippen LogP contribution in [0.2, 0.25) is 0 Å². The zero-order chi connectivity index (χ0) is 8.10. The third-order valence-corrected chi connectivity index (χ3v) is 1.75. The Morgan fingerprint density at radius 1 is 1.00 bits per heavy atom. The molecule has 0 aromatic heterocycles. The van der Waals surface area contributed by atoms with E-state index in [0.717, 1.165) is 13.1 Å². The number of nitrogens with one attached hydrogen (secondary N) is 1. The molecular formula is C10H11N. The highest BCUT2D eigenvalue weighted by Gasteiger charge is 2.06. The summed E-state index contributed by atoms with van der Waals surface area (Å²) in [6.45, 7) is 2.10. The molecule has 0 aliphatic carbocycles. The molecule has 1 aliphatic rings. The van der Waals surface area contributed by atoms with Crippen LogP contribution in [0.3, 0.4) is 0 Å². The summed E-state index contributed by atoms with van der Waals surface area (Å²) in [6, 6.07) is 8.53. The van der Waals surface area contributed by atoms with Gasteiger partial charge in [-0.2, -0.15) is 0 Å². The van der Waals surface area contributed by atoms with Crippen LogP contribution in [0.5, 0.6) is 0 Å². The minimum atomic E-state index is 1.05. The van der Waals surface area contributed by atoms with Gasteiger partial charge in [-0.25, -0.2) is 0 Å². The molecule has 0 atom stereocenters. The minimum Gasteiger partial charge on any atom is -0.309 e. The van der Waals surface area contributed by atoms with Crippen molar-refractivity contribution in [3.8, 4) is 12.8 Å². The van der Waals surface area contributed by atoms with Crippen LogP contribution in [0.15, 0.2) is 24.3 Å². The molecule has 0 bridgehead atoms. The van der Waals surface area contributed by atoms with Crippen LogP contribution in [0.1, 0.15) is 11.1 Å². The molecule has 0 unspecified atom stereocenters. The van der Waals surface area contributed by atoms with E-state index in [9.17, 15) is 0 Å². The predicted octanol–water partition coefficient (Wildman–Crippen LogP) is 1.54. The first kappa shape index (κ1) is 7.84. The van der Waals surface area contributed by atoms with Gasteiger partial charge in [0, 0.05) is 13.1 Å². The van der Waals surface area contributed by atoms with Crippen LogP contribution in [0.25, 0.3) is 0 Å². The van der Waals surface area contributed by atoms with Gasteiger partial charge in [0.1, 0.15) is 0 Å². The molecule has 0 radical (unpaired) electrons. The maximum Gasteiger partial charge on any atom is 0.0211 e. The van der Waals surface area contributed by atoms with Crippen molar-refractivity contribution in [2.75, 3.05) is 0 Å². The van der Waals surface area contributed by atoms with Crippen molar-refractivity contribution in [1.29, 1.82) is 0 Å². The lowest BCUT2D eigenvalue weighted by molar-refractivity contribution is 0.765. The van der Waals surface area contributed by atoms with E-state index >= 15 is 0 Å². The molecule has 1 N–H and O–H groups in total. The summed E-state index contributed by atoms with van der Waals surface area (Å²) in [5, 5.41) is 3.29. The lowest BCUT2D eigenvalue weighted by Gasteiger charge is -1.91. The van der Waals surface area contributed by atoms with Gasteiger partial charge in [0.2, 0.25) is 0 Å². The fourth-order valence-corrected chi connectivity index (χ4v) is 1.23. The second-order valence-corrected chi connectivity index (χ2v) is 2.37. The van der Waals surface area contributed by atoms with Crippen molar-refractivity contribution in [3.05, 3.63) is 35.4 Å². The van der Waals surface area contributed by atoms with Crippen LogP contribution >= 0.6 is 0 Å². The van der Waals surface area contributed by atoms with Crippen molar-refractivity contribution in [2.45, 2.75) is 13.1 Å². The summed E-state index contributed by atoms with van der Waals surface area (Å²) in [5.74, 6) is 0. The Morgan fingerprint density at radius 3 is 1.91 bits per heavy atom. The number of fused-ring (bicyclic) bond motifs is 1. The first-order valence-electron chi connectivity index (χ1n) is 3.57. The van der Waals surface area contributed by atoms with Crippen LogP contribution in [-0.4, -0.2) is 0 Å². The second-order valence-electron chi connectivity index (χ2n) is 2.37. The Kier molecular flexibility index (Phi) is 2.71. The van der Waals surface area contributed by atoms with Gasteiger partial charge >= 0.3 is 0 Å². The zero-order valence-electron chi connectivity index (χ0n) is 6.38. The second kappa shape index (κ2) is 3.80. The predicted molar refractivity (Wildman–Crippen MR) is 46.9 cm³/mol. The smallest absolute Gasteiger partial charge is 0.0211 e. The van der Waals surface area contributed by atoms with E-state index in [2.05, 4.69) is 42.4 Å². The van der Waals surface area contributed by atoms with Gasteiger partial charge in [-0.15, -0.1) is 12.8 Å². The van der Waals surface area contributed by atoms with Gasteiger partial charge < -0.3 is 5.32 Å². The number of rotatable bonds is 0. The fraction of sp³-hybridized carbons (Fsp3) is 0.200. The van der Waals surface area contributed by atoms with Gasteiger partial charge in [0.25, 0.3) is 0 Å². The van der Waals surface area contributed by atoms with Gasteiger partial charge in [-0.3, -0.25) is 0 Å². The van der Waals surface area contributed by atoms with Crippen LogP contribution in [0.4, 0.5) is 0 Å². The third-order valence-electron chi connectivity index (χ3n) is 1.75. The molecule has 0 spiro atoms. The average molecular weight is 145 g/mol. The van der Waals surface area contributed by atoms with E-state index in [1.54, 1.807) is 0 Å². The van der Waals surface area contributed by atoms with Gasteiger partial charge in [-0.1, -0.05) is 24.3 Å².